The van der Waals surface area contributed by atoms with Gasteiger partial charge in [-0.15, -0.1) is 10.2 Å². The Morgan fingerprint density at radius 1 is 0.931 bits per heavy atom. The lowest BCUT2D eigenvalue weighted by atomic mass is 10.1. The number of hydrogen-bond acceptors (Lipinski definition) is 8. The maximum Gasteiger partial charge on any atom is 0.254 e. The predicted octanol–water partition coefficient (Wildman–Crippen LogP) is 1.04. The molecule has 1 amide bonds. The third kappa shape index (κ3) is 3.82. The van der Waals surface area contributed by atoms with E-state index < -0.39 is 0 Å². The Hall–Kier alpha value is -3.69. The van der Waals surface area contributed by atoms with Crippen LogP contribution in [0.15, 0.2) is 43.0 Å². The first kappa shape index (κ1) is 18.7. The van der Waals surface area contributed by atoms with Gasteiger partial charge in [0.2, 0.25) is 0 Å². The molecule has 4 rings (SSSR count). The summed E-state index contributed by atoms with van der Waals surface area (Å²) in [5, 5.41) is 12.5. The molecule has 0 spiro atoms. The van der Waals surface area contributed by atoms with E-state index in [-0.39, 0.29) is 5.91 Å². The number of carbonyl (C=O) groups excluding carboxylic acids is 1. The van der Waals surface area contributed by atoms with E-state index in [0.29, 0.717) is 49.1 Å². The van der Waals surface area contributed by atoms with Crippen molar-refractivity contribution in [1.82, 2.24) is 29.9 Å². The van der Waals surface area contributed by atoms with Gasteiger partial charge in [0.05, 0.1) is 14.2 Å². The molecule has 10 heteroatoms. The highest BCUT2D eigenvalue weighted by atomic mass is 16.5. The van der Waals surface area contributed by atoms with Gasteiger partial charge >= 0.3 is 0 Å². The lowest BCUT2D eigenvalue weighted by molar-refractivity contribution is 0.0746. The number of benzene rings is 1. The predicted molar refractivity (Wildman–Crippen MR) is 105 cm³/mol. The first-order chi connectivity index (χ1) is 14.2. The zero-order valence-corrected chi connectivity index (χ0v) is 16.2. The van der Waals surface area contributed by atoms with Gasteiger partial charge in [-0.3, -0.25) is 4.79 Å². The van der Waals surface area contributed by atoms with Gasteiger partial charge < -0.3 is 19.3 Å². The molecule has 10 nitrogen and oxygen atoms in total. The van der Waals surface area contributed by atoms with Crippen LogP contribution in [0.3, 0.4) is 0 Å². The minimum absolute atomic E-state index is 0.0294. The van der Waals surface area contributed by atoms with Crippen LogP contribution >= 0.6 is 0 Å². The number of carbonyl (C=O) groups is 1. The highest BCUT2D eigenvalue weighted by Crippen LogP contribution is 2.28. The van der Waals surface area contributed by atoms with E-state index in [1.807, 2.05) is 17.0 Å². The van der Waals surface area contributed by atoms with Crippen molar-refractivity contribution >= 4 is 11.7 Å². The summed E-state index contributed by atoms with van der Waals surface area (Å²) in [6.45, 7) is 2.55. The van der Waals surface area contributed by atoms with E-state index in [2.05, 4.69) is 25.2 Å². The van der Waals surface area contributed by atoms with Gasteiger partial charge in [0, 0.05) is 31.7 Å². The largest absolute Gasteiger partial charge is 0.493 e. The summed E-state index contributed by atoms with van der Waals surface area (Å²) in [5.74, 6) is 2.49. The van der Waals surface area contributed by atoms with Crippen LogP contribution in [-0.4, -0.2) is 76.2 Å². The molecular weight excluding hydrogens is 374 g/mol. The summed E-state index contributed by atoms with van der Waals surface area (Å²) in [5.41, 5.74) is 0.577. The number of anilines is 1. The summed E-state index contributed by atoms with van der Waals surface area (Å²) in [6, 6.07) is 8.95. The Morgan fingerprint density at radius 2 is 1.66 bits per heavy atom. The van der Waals surface area contributed by atoms with E-state index in [9.17, 15) is 4.79 Å². The third-order valence-corrected chi connectivity index (χ3v) is 4.81. The summed E-state index contributed by atoms with van der Waals surface area (Å²) >= 11 is 0. The van der Waals surface area contributed by atoms with E-state index in [1.165, 1.54) is 6.33 Å². The van der Waals surface area contributed by atoms with Crippen LogP contribution in [0, 0.1) is 0 Å². The van der Waals surface area contributed by atoms with E-state index in [1.54, 1.807) is 43.4 Å². The molecule has 0 saturated carbocycles. The Kier molecular flexibility index (Phi) is 5.23. The minimum Gasteiger partial charge on any atom is -0.493 e. The van der Waals surface area contributed by atoms with Gasteiger partial charge in [-0.05, 0) is 30.3 Å². The molecule has 29 heavy (non-hydrogen) atoms. The third-order valence-electron chi connectivity index (χ3n) is 4.81. The SMILES string of the molecule is COc1ccc(C(=O)N2CCN(c3ccc(-n4cncn4)nn3)CC2)cc1OC. The molecule has 1 aliphatic rings. The Morgan fingerprint density at radius 3 is 2.28 bits per heavy atom. The summed E-state index contributed by atoms with van der Waals surface area (Å²) in [6.07, 6.45) is 3.02. The monoisotopic (exact) mass is 395 g/mol. The average Bonchev–Trinajstić information content (AvgIpc) is 3.33. The highest BCUT2D eigenvalue weighted by Gasteiger charge is 2.24. The van der Waals surface area contributed by atoms with Crippen LogP contribution in [0.4, 0.5) is 5.82 Å². The number of hydrogen-bond donors (Lipinski definition) is 0. The van der Waals surface area contributed by atoms with Gasteiger partial charge in [-0.2, -0.15) is 5.10 Å². The number of methoxy groups -OCH3 is 2. The van der Waals surface area contributed by atoms with Crippen molar-refractivity contribution < 1.29 is 14.3 Å². The second-order valence-corrected chi connectivity index (χ2v) is 6.44. The standard InChI is InChI=1S/C19H21N7O3/c1-28-15-4-3-14(11-16(15)29-2)19(27)25-9-7-24(8-10-25)17-5-6-18(23-22-17)26-13-20-12-21-26/h3-6,11-13H,7-10H2,1-2H3. The van der Waals surface area contributed by atoms with Gasteiger partial charge in [0.1, 0.15) is 12.7 Å². The maximum atomic E-state index is 12.9. The fourth-order valence-electron chi connectivity index (χ4n) is 3.23. The van der Waals surface area contributed by atoms with Gasteiger partial charge in [-0.1, -0.05) is 0 Å². The first-order valence-corrected chi connectivity index (χ1v) is 9.14. The molecule has 0 N–H and O–H groups in total. The number of ether oxygens (including phenoxy) is 2. The van der Waals surface area contributed by atoms with E-state index in [0.717, 1.165) is 5.82 Å². The normalized spacial score (nSPS) is 14.0. The molecule has 0 unspecified atom stereocenters. The smallest absolute Gasteiger partial charge is 0.254 e. The van der Waals surface area contributed by atoms with Crippen molar-refractivity contribution in [3.05, 3.63) is 48.5 Å². The second kappa shape index (κ2) is 8.13. The van der Waals surface area contributed by atoms with Crippen molar-refractivity contribution in [1.29, 1.82) is 0 Å². The van der Waals surface area contributed by atoms with Crippen molar-refractivity contribution in [3.63, 3.8) is 0 Å². The highest BCUT2D eigenvalue weighted by molar-refractivity contribution is 5.95. The van der Waals surface area contributed by atoms with Crippen LogP contribution in [0.5, 0.6) is 11.5 Å². The van der Waals surface area contributed by atoms with Crippen LogP contribution in [-0.2, 0) is 0 Å². The molecular formula is C19H21N7O3. The van der Waals surface area contributed by atoms with Gasteiger partial charge in [0.15, 0.2) is 23.1 Å². The summed E-state index contributed by atoms with van der Waals surface area (Å²) < 4.78 is 12.1. The lowest BCUT2D eigenvalue weighted by Gasteiger charge is -2.35. The molecule has 1 aromatic carbocycles. The molecule has 1 saturated heterocycles. The maximum absolute atomic E-state index is 12.9. The van der Waals surface area contributed by atoms with E-state index >= 15 is 0 Å². The lowest BCUT2D eigenvalue weighted by Crippen LogP contribution is -2.49. The molecule has 3 aromatic rings. The van der Waals surface area contributed by atoms with Gasteiger partial charge in [0.25, 0.3) is 5.91 Å². The topological polar surface area (TPSA) is 98.5 Å². The molecule has 0 radical (unpaired) electrons. The Labute approximate surface area is 167 Å². The molecule has 3 heterocycles. The molecule has 1 aliphatic heterocycles. The number of rotatable bonds is 5. The van der Waals surface area contributed by atoms with Crippen LogP contribution in [0.25, 0.3) is 5.82 Å². The zero-order valence-electron chi connectivity index (χ0n) is 16.2. The summed E-state index contributed by atoms with van der Waals surface area (Å²) in [4.78, 5) is 20.7. The molecule has 0 aliphatic carbocycles. The Balaban J connectivity index is 1.39. The fraction of sp³-hybridized carbons (Fsp3) is 0.316. The number of piperazine rings is 1. The van der Waals surface area contributed by atoms with Crippen molar-refractivity contribution in [2.75, 3.05) is 45.3 Å². The van der Waals surface area contributed by atoms with Gasteiger partial charge in [-0.25, -0.2) is 9.67 Å². The molecule has 0 atom stereocenters. The van der Waals surface area contributed by atoms with Crippen LogP contribution < -0.4 is 14.4 Å². The average molecular weight is 395 g/mol. The number of nitrogens with zero attached hydrogens (tertiary/aromatic N) is 7. The zero-order chi connectivity index (χ0) is 20.2. The van der Waals surface area contributed by atoms with Crippen molar-refractivity contribution in [2.24, 2.45) is 0 Å². The van der Waals surface area contributed by atoms with Crippen molar-refractivity contribution in [2.45, 2.75) is 0 Å². The molecule has 150 valence electrons. The minimum atomic E-state index is -0.0294. The summed E-state index contributed by atoms with van der Waals surface area (Å²) in [7, 11) is 3.13. The quantitative estimate of drug-likeness (QED) is 0.632. The van der Waals surface area contributed by atoms with Crippen LogP contribution in [0.1, 0.15) is 10.4 Å². The fourth-order valence-corrected chi connectivity index (χ4v) is 3.23. The first-order valence-electron chi connectivity index (χ1n) is 9.14. The molecule has 1 fully saturated rings. The van der Waals surface area contributed by atoms with Crippen LogP contribution in [0.2, 0.25) is 0 Å². The molecule has 2 aromatic heterocycles. The van der Waals surface area contributed by atoms with Crippen molar-refractivity contribution in [3.8, 4) is 17.3 Å². The van der Waals surface area contributed by atoms with E-state index in [4.69, 9.17) is 9.47 Å². The molecule has 0 bridgehead atoms. The Bertz CT molecular complexity index is 968. The number of amides is 1. The second-order valence-electron chi connectivity index (χ2n) is 6.44. The number of aromatic nitrogens is 5.